The molecule has 2 aromatic rings. The molecule has 1 saturated heterocycles. The number of fused-ring (bicyclic) bond motifs is 1. The first kappa shape index (κ1) is 14.8. The fraction of sp³-hybridized carbons (Fsp3) is 0.357. The first-order valence-corrected chi connectivity index (χ1v) is 7.19. The van der Waals surface area contributed by atoms with Crippen molar-refractivity contribution in [3.63, 3.8) is 0 Å². The SMILES string of the molecule is C[C@H]1CN(C(=O)O)CCN1c1ncnc2c(F)cc(Cl)cc12. The minimum Gasteiger partial charge on any atom is -0.465 e. The van der Waals surface area contributed by atoms with Crippen LogP contribution in [0.25, 0.3) is 10.9 Å². The molecule has 22 heavy (non-hydrogen) atoms. The van der Waals surface area contributed by atoms with Gasteiger partial charge in [0.2, 0.25) is 0 Å². The van der Waals surface area contributed by atoms with Crippen LogP contribution in [0.2, 0.25) is 5.02 Å². The second-order valence-corrected chi connectivity index (χ2v) is 5.69. The molecular formula is C14H14ClFN4O2. The number of rotatable bonds is 1. The van der Waals surface area contributed by atoms with Crippen LogP contribution in [0.4, 0.5) is 15.0 Å². The van der Waals surface area contributed by atoms with E-state index < -0.39 is 11.9 Å². The summed E-state index contributed by atoms with van der Waals surface area (Å²) in [6.07, 6.45) is 0.374. The van der Waals surface area contributed by atoms with Crippen LogP contribution >= 0.6 is 11.6 Å². The Labute approximate surface area is 131 Å². The monoisotopic (exact) mass is 324 g/mol. The Balaban J connectivity index is 2.02. The molecule has 2 heterocycles. The lowest BCUT2D eigenvalue weighted by molar-refractivity contribution is 0.136. The third-order valence-electron chi connectivity index (χ3n) is 3.81. The van der Waals surface area contributed by atoms with E-state index in [2.05, 4.69) is 9.97 Å². The highest BCUT2D eigenvalue weighted by Gasteiger charge is 2.28. The highest BCUT2D eigenvalue weighted by Crippen LogP contribution is 2.30. The van der Waals surface area contributed by atoms with Crippen molar-refractivity contribution in [1.29, 1.82) is 0 Å². The molecule has 0 unspecified atom stereocenters. The molecule has 116 valence electrons. The van der Waals surface area contributed by atoms with E-state index in [0.29, 0.717) is 30.8 Å². The molecule has 0 spiro atoms. The third-order valence-corrected chi connectivity index (χ3v) is 4.02. The van der Waals surface area contributed by atoms with Gasteiger partial charge in [0.15, 0.2) is 5.82 Å². The lowest BCUT2D eigenvalue weighted by atomic mass is 10.1. The van der Waals surface area contributed by atoms with E-state index in [1.54, 1.807) is 6.07 Å². The molecule has 1 fully saturated rings. The highest BCUT2D eigenvalue weighted by molar-refractivity contribution is 6.31. The van der Waals surface area contributed by atoms with E-state index >= 15 is 0 Å². The van der Waals surface area contributed by atoms with Crippen molar-refractivity contribution in [3.05, 3.63) is 29.3 Å². The van der Waals surface area contributed by atoms with Gasteiger partial charge in [-0.1, -0.05) is 11.6 Å². The Hall–Kier alpha value is -2.15. The number of carbonyl (C=O) groups is 1. The fourth-order valence-electron chi connectivity index (χ4n) is 2.75. The molecule has 0 radical (unpaired) electrons. The zero-order chi connectivity index (χ0) is 15.9. The Morgan fingerprint density at radius 3 is 2.86 bits per heavy atom. The van der Waals surface area contributed by atoms with Gasteiger partial charge in [-0.25, -0.2) is 19.2 Å². The standard InChI is InChI=1S/C14H14ClFN4O2/c1-8-6-19(14(21)22)2-3-20(8)13-10-4-9(15)5-11(16)12(10)17-7-18-13/h4-5,7-8H,2-3,6H2,1H3,(H,21,22)/t8-/m0/s1. The summed E-state index contributed by atoms with van der Waals surface area (Å²) in [5, 5.41) is 9.88. The summed E-state index contributed by atoms with van der Waals surface area (Å²) in [4.78, 5) is 22.6. The molecule has 1 aromatic heterocycles. The van der Waals surface area contributed by atoms with E-state index in [4.69, 9.17) is 16.7 Å². The van der Waals surface area contributed by atoms with Gasteiger partial charge in [0.1, 0.15) is 17.7 Å². The summed E-state index contributed by atoms with van der Waals surface area (Å²) in [5.41, 5.74) is 0.210. The van der Waals surface area contributed by atoms with Crippen LogP contribution in [-0.4, -0.2) is 51.7 Å². The van der Waals surface area contributed by atoms with Crippen molar-refractivity contribution in [1.82, 2.24) is 14.9 Å². The molecule has 0 bridgehead atoms. The molecular weight excluding hydrogens is 311 g/mol. The van der Waals surface area contributed by atoms with Crippen LogP contribution in [0.5, 0.6) is 0 Å². The molecule has 1 amide bonds. The number of nitrogens with zero attached hydrogens (tertiary/aromatic N) is 4. The van der Waals surface area contributed by atoms with Crippen molar-refractivity contribution >= 4 is 34.4 Å². The third kappa shape index (κ3) is 2.52. The number of amides is 1. The largest absolute Gasteiger partial charge is 0.465 e. The van der Waals surface area contributed by atoms with Gasteiger partial charge in [0, 0.05) is 36.1 Å². The van der Waals surface area contributed by atoms with E-state index in [1.165, 1.54) is 17.3 Å². The first-order valence-electron chi connectivity index (χ1n) is 6.81. The molecule has 8 heteroatoms. The molecule has 0 aliphatic carbocycles. The maximum atomic E-state index is 14.0. The van der Waals surface area contributed by atoms with Crippen LogP contribution < -0.4 is 4.90 Å². The normalized spacial score (nSPS) is 18.8. The second kappa shape index (κ2) is 5.57. The number of piperazine rings is 1. The smallest absolute Gasteiger partial charge is 0.407 e. The lowest BCUT2D eigenvalue weighted by Gasteiger charge is -2.39. The first-order chi connectivity index (χ1) is 10.5. The molecule has 0 saturated carbocycles. The van der Waals surface area contributed by atoms with E-state index in [0.717, 1.165) is 0 Å². The molecule has 1 aromatic carbocycles. The van der Waals surface area contributed by atoms with Gasteiger partial charge >= 0.3 is 6.09 Å². The summed E-state index contributed by atoms with van der Waals surface area (Å²) in [6, 6.07) is 2.77. The summed E-state index contributed by atoms with van der Waals surface area (Å²) in [5.74, 6) is 0.0758. The highest BCUT2D eigenvalue weighted by atomic mass is 35.5. The summed E-state index contributed by atoms with van der Waals surface area (Å²) < 4.78 is 14.0. The molecule has 1 aliphatic rings. The van der Waals surface area contributed by atoms with E-state index in [9.17, 15) is 9.18 Å². The van der Waals surface area contributed by atoms with Crippen molar-refractivity contribution in [3.8, 4) is 0 Å². The number of carboxylic acid groups (broad SMARTS) is 1. The van der Waals surface area contributed by atoms with Gasteiger partial charge in [-0.05, 0) is 19.1 Å². The van der Waals surface area contributed by atoms with Crippen LogP contribution in [-0.2, 0) is 0 Å². The average molecular weight is 325 g/mol. The van der Waals surface area contributed by atoms with E-state index in [-0.39, 0.29) is 16.6 Å². The maximum absolute atomic E-state index is 14.0. The van der Waals surface area contributed by atoms with E-state index in [1.807, 2.05) is 11.8 Å². The van der Waals surface area contributed by atoms with Crippen molar-refractivity contribution < 1.29 is 14.3 Å². The number of halogens is 2. The number of anilines is 1. The van der Waals surface area contributed by atoms with Gasteiger partial charge < -0.3 is 14.9 Å². The van der Waals surface area contributed by atoms with Crippen LogP contribution in [0, 0.1) is 5.82 Å². The van der Waals surface area contributed by atoms with Crippen LogP contribution in [0.1, 0.15) is 6.92 Å². The fourth-order valence-corrected chi connectivity index (χ4v) is 2.96. The number of benzene rings is 1. The summed E-state index contributed by atoms with van der Waals surface area (Å²) in [7, 11) is 0. The maximum Gasteiger partial charge on any atom is 0.407 e. The van der Waals surface area contributed by atoms with Crippen molar-refractivity contribution in [2.45, 2.75) is 13.0 Å². The predicted octanol–water partition coefficient (Wildman–Crippen LogP) is 2.61. The number of hydrogen-bond donors (Lipinski definition) is 1. The topological polar surface area (TPSA) is 69.6 Å². The van der Waals surface area contributed by atoms with Crippen molar-refractivity contribution in [2.24, 2.45) is 0 Å². The Kier molecular flexibility index (Phi) is 3.74. The van der Waals surface area contributed by atoms with Gasteiger partial charge in [-0.3, -0.25) is 0 Å². The quantitative estimate of drug-likeness (QED) is 0.873. The number of hydrogen-bond acceptors (Lipinski definition) is 4. The molecule has 1 aliphatic heterocycles. The molecule has 1 N–H and O–H groups in total. The lowest BCUT2D eigenvalue weighted by Crippen LogP contribution is -2.53. The molecule has 3 rings (SSSR count). The summed E-state index contributed by atoms with van der Waals surface area (Å²) in [6.45, 7) is 3.12. The van der Waals surface area contributed by atoms with Crippen molar-refractivity contribution in [2.75, 3.05) is 24.5 Å². The van der Waals surface area contributed by atoms with Crippen LogP contribution in [0.3, 0.4) is 0 Å². The molecule has 1 atom stereocenters. The number of aromatic nitrogens is 2. The summed E-state index contributed by atoms with van der Waals surface area (Å²) >= 11 is 5.94. The Morgan fingerprint density at radius 2 is 2.18 bits per heavy atom. The van der Waals surface area contributed by atoms with Gasteiger partial charge in [0.25, 0.3) is 0 Å². The van der Waals surface area contributed by atoms with Crippen LogP contribution in [0.15, 0.2) is 18.5 Å². The Bertz CT molecular complexity index is 742. The zero-order valence-corrected chi connectivity index (χ0v) is 12.6. The van der Waals surface area contributed by atoms with Gasteiger partial charge in [-0.15, -0.1) is 0 Å². The predicted molar refractivity (Wildman–Crippen MR) is 80.9 cm³/mol. The average Bonchev–Trinajstić information content (AvgIpc) is 2.46. The van der Waals surface area contributed by atoms with Gasteiger partial charge in [-0.2, -0.15) is 0 Å². The minimum atomic E-state index is -0.937. The zero-order valence-electron chi connectivity index (χ0n) is 11.8. The Morgan fingerprint density at radius 1 is 1.41 bits per heavy atom. The second-order valence-electron chi connectivity index (χ2n) is 5.25. The van der Waals surface area contributed by atoms with Gasteiger partial charge in [0.05, 0.1) is 0 Å². The minimum absolute atomic E-state index is 0.0787. The molecule has 6 nitrogen and oxygen atoms in total.